The molecule has 1 saturated heterocycles. The van der Waals surface area contributed by atoms with Crippen LogP contribution in [0.1, 0.15) is 30.0 Å². The van der Waals surface area contributed by atoms with Gasteiger partial charge >= 0.3 is 0 Å². The van der Waals surface area contributed by atoms with Gasteiger partial charge in [-0.15, -0.1) is 0 Å². The van der Waals surface area contributed by atoms with Gasteiger partial charge in [-0.1, -0.05) is 48.5 Å². The zero-order chi connectivity index (χ0) is 24.1. The summed E-state index contributed by atoms with van der Waals surface area (Å²) in [6.45, 7) is 0.505. The Balaban J connectivity index is 1.74. The maximum absolute atomic E-state index is 13.8. The van der Waals surface area contributed by atoms with Crippen LogP contribution >= 0.6 is 0 Å². The van der Waals surface area contributed by atoms with E-state index in [2.05, 4.69) is 0 Å². The molecule has 6 heteroatoms. The van der Waals surface area contributed by atoms with Crippen molar-refractivity contribution in [3.05, 3.63) is 90.0 Å². The summed E-state index contributed by atoms with van der Waals surface area (Å²) >= 11 is 0. The molecule has 0 saturated carbocycles. The molecule has 3 aromatic rings. The minimum atomic E-state index is -0.489. The molecule has 0 bridgehead atoms. The van der Waals surface area contributed by atoms with Gasteiger partial charge in [-0.2, -0.15) is 0 Å². The number of nitrogens with zero attached hydrogens (tertiary/aromatic N) is 2. The summed E-state index contributed by atoms with van der Waals surface area (Å²) in [5.74, 6) is 0.938. The lowest BCUT2D eigenvalue weighted by Gasteiger charge is -2.42. The van der Waals surface area contributed by atoms with Crippen LogP contribution in [-0.4, -0.2) is 38.0 Å². The fraction of sp³-hybridized carbons (Fsp3) is 0.286. The predicted molar refractivity (Wildman–Crippen MR) is 132 cm³/mol. The first-order valence-electron chi connectivity index (χ1n) is 11.4. The summed E-state index contributed by atoms with van der Waals surface area (Å²) in [6, 6.07) is 24.4. The molecule has 0 N–H and O–H groups in total. The van der Waals surface area contributed by atoms with Crippen LogP contribution in [0.5, 0.6) is 11.5 Å². The van der Waals surface area contributed by atoms with E-state index in [1.165, 1.54) is 0 Å². The molecule has 2 unspecified atom stereocenters. The van der Waals surface area contributed by atoms with Gasteiger partial charge in [0.25, 0.3) is 0 Å². The van der Waals surface area contributed by atoms with Crippen molar-refractivity contribution < 1.29 is 19.1 Å². The number of methoxy groups -OCH3 is 2. The number of rotatable bonds is 7. The molecule has 2 atom stereocenters. The Morgan fingerprint density at radius 2 is 1.62 bits per heavy atom. The van der Waals surface area contributed by atoms with Crippen molar-refractivity contribution in [3.63, 3.8) is 0 Å². The SMILES string of the molecule is COc1ccc(N2C(=O)CCC(C(=O)N(C)Cc3ccccc3)C2c2ccccc2OC)cc1. The topological polar surface area (TPSA) is 59.1 Å². The van der Waals surface area contributed by atoms with Gasteiger partial charge in [0.1, 0.15) is 11.5 Å². The number of amides is 2. The van der Waals surface area contributed by atoms with Crippen LogP contribution in [0, 0.1) is 5.92 Å². The molecule has 2 amide bonds. The van der Waals surface area contributed by atoms with E-state index < -0.39 is 12.0 Å². The Labute approximate surface area is 200 Å². The number of para-hydroxylation sites is 1. The molecule has 6 nitrogen and oxygen atoms in total. The number of hydrogen-bond donors (Lipinski definition) is 0. The van der Waals surface area contributed by atoms with Crippen molar-refractivity contribution in [1.82, 2.24) is 4.90 Å². The summed E-state index contributed by atoms with van der Waals surface area (Å²) in [5.41, 5.74) is 2.61. The molecular formula is C28H30N2O4. The van der Waals surface area contributed by atoms with Gasteiger partial charge < -0.3 is 19.3 Å². The molecule has 1 heterocycles. The van der Waals surface area contributed by atoms with Crippen molar-refractivity contribution >= 4 is 17.5 Å². The highest BCUT2D eigenvalue weighted by Gasteiger charge is 2.43. The average Bonchev–Trinajstić information content (AvgIpc) is 2.88. The second-order valence-corrected chi connectivity index (χ2v) is 8.47. The molecule has 0 aliphatic carbocycles. The van der Waals surface area contributed by atoms with Crippen molar-refractivity contribution in [1.29, 1.82) is 0 Å². The Morgan fingerprint density at radius 1 is 0.941 bits per heavy atom. The molecule has 3 aromatic carbocycles. The standard InChI is InChI=1S/C28H30N2O4/c1-29(19-20-9-5-4-6-10-20)28(32)24-17-18-26(31)30(21-13-15-22(33-2)16-14-21)27(24)23-11-7-8-12-25(23)34-3/h4-16,24,27H,17-19H2,1-3H3. The molecule has 1 aliphatic rings. The minimum Gasteiger partial charge on any atom is -0.497 e. The molecule has 0 spiro atoms. The highest BCUT2D eigenvalue weighted by molar-refractivity contribution is 5.97. The third-order valence-electron chi connectivity index (χ3n) is 6.36. The van der Waals surface area contributed by atoms with E-state index in [4.69, 9.17) is 9.47 Å². The smallest absolute Gasteiger partial charge is 0.228 e. The van der Waals surface area contributed by atoms with E-state index in [1.807, 2.05) is 85.9 Å². The number of carbonyl (C=O) groups excluding carboxylic acids is 2. The third-order valence-corrected chi connectivity index (χ3v) is 6.36. The number of benzene rings is 3. The lowest BCUT2D eigenvalue weighted by atomic mass is 9.82. The molecule has 1 fully saturated rings. The van der Waals surface area contributed by atoms with Crippen molar-refractivity contribution in [2.45, 2.75) is 25.4 Å². The van der Waals surface area contributed by atoms with E-state index in [9.17, 15) is 9.59 Å². The summed E-state index contributed by atoms with van der Waals surface area (Å²) in [4.78, 5) is 30.6. The first-order valence-corrected chi connectivity index (χ1v) is 11.4. The fourth-order valence-corrected chi connectivity index (χ4v) is 4.68. The monoisotopic (exact) mass is 458 g/mol. The lowest BCUT2D eigenvalue weighted by molar-refractivity contribution is -0.137. The molecule has 0 radical (unpaired) electrons. The summed E-state index contributed by atoms with van der Waals surface area (Å²) < 4.78 is 11.0. The molecule has 34 heavy (non-hydrogen) atoms. The first kappa shape index (κ1) is 23.4. The highest BCUT2D eigenvalue weighted by Crippen LogP contribution is 2.44. The van der Waals surface area contributed by atoms with E-state index in [1.54, 1.807) is 24.0 Å². The van der Waals surface area contributed by atoms with Gasteiger partial charge in [-0.25, -0.2) is 0 Å². The van der Waals surface area contributed by atoms with Crippen LogP contribution < -0.4 is 14.4 Å². The Bertz CT molecular complexity index is 1130. The number of anilines is 1. The normalized spacial score (nSPS) is 17.9. The van der Waals surface area contributed by atoms with Crippen LogP contribution in [0.3, 0.4) is 0 Å². The van der Waals surface area contributed by atoms with E-state index in [-0.39, 0.29) is 11.8 Å². The molecular weight excluding hydrogens is 428 g/mol. The number of hydrogen-bond acceptors (Lipinski definition) is 4. The van der Waals surface area contributed by atoms with Crippen LogP contribution in [0.25, 0.3) is 0 Å². The lowest BCUT2D eigenvalue weighted by Crippen LogP contribution is -2.48. The minimum absolute atomic E-state index is 0.00534. The predicted octanol–water partition coefficient (Wildman–Crippen LogP) is 4.85. The quantitative estimate of drug-likeness (QED) is 0.508. The largest absolute Gasteiger partial charge is 0.497 e. The van der Waals surface area contributed by atoms with E-state index in [0.29, 0.717) is 30.9 Å². The molecule has 4 rings (SSSR count). The van der Waals surface area contributed by atoms with Gasteiger partial charge in [0, 0.05) is 31.3 Å². The Hall–Kier alpha value is -3.80. The van der Waals surface area contributed by atoms with Crippen LogP contribution in [0.2, 0.25) is 0 Å². The van der Waals surface area contributed by atoms with Crippen molar-refractivity contribution in [2.24, 2.45) is 5.92 Å². The van der Waals surface area contributed by atoms with Crippen LogP contribution in [-0.2, 0) is 16.1 Å². The maximum atomic E-state index is 13.8. The van der Waals surface area contributed by atoms with Gasteiger partial charge in [0.05, 0.1) is 26.2 Å². The molecule has 0 aromatic heterocycles. The highest BCUT2D eigenvalue weighted by atomic mass is 16.5. The summed E-state index contributed by atoms with van der Waals surface area (Å²) in [6.07, 6.45) is 0.777. The van der Waals surface area contributed by atoms with Gasteiger partial charge in [-0.3, -0.25) is 9.59 Å². The maximum Gasteiger partial charge on any atom is 0.228 e. The molecule has 1 aliphatic heterocycles. The van der Waals surface area contributed by atoms with E-state index >= 15 is 0 Å². The Morgan fingerprint density at radius 3 is 2.29 bits per heavy atom. The van der Waals surface area contributed by atoms with Crippen molar-refractivity contribution in [3.8, 4) is 11.5 Å². The number of carbonyl (C=O) groups is 2. The first-order chi connectivity index (χ1) is 16.5. The fourth-order valence-electron chi connectivity index (χ4n) is 4.68. The third kappa shape index (κ3) is 4.76. The zero-order valence-corrected chi connectivity index (χ0v) is 19.8. The van der Waals surface area contributed by atoms with Gasteiger partial charge in [-0.05, 0) is 42.3 Å². The summed E-state index contributed by atoms with van der Waals surface area (Å²) in [7, 11) is 5.04. The zero-order valence-electron chi connectivity index (χ0n) is 19.8. The van der Waals surface area contributed by atoms with E-state index in [0.717, 1.165) is 16.8 Å². The molecule has 176 valence electrons. The Kier molecular flexibility index (Phi) is 7.16. The summed E-state index contributed by atoms with van der Waals surface area (Å²) in [5, 5.41) is 0. The van der Waals surface area contributed by atoms with Crippen molar-refractivity contribution in [2.75, 3.05) is 26.2 Å². The number of piperidine rings is 1. The second-order valence-electron chi connectivity index (χ2n) is 8.47. The number of ether oxygens (including phenoxy) is 2. The average molecular weight is 459 g/mol. The van der Waals surface area contributed by atoms with Crippen LogP contribution in [0.15, 0.2) is 78.9 Å². The second kappa shape index (κ2) is 10.4. The van der Waals surface area contributed by atoms with Crippen LogP contribution in [0.4, 0.5) is 5.69 Å². The van der Waals surface area contributed by atoms with Gasteiger partial charge in [0.15, 0.2) is 0 Å². The van der Waals surface area contributed by atoms with Gasteiger partial charge in [0.2, 0.25) is 11.8 Å².